The Hall–Kier alpha value is -1.97. The number of amides is 2. The molecule has 3 rings (SSSR count). The summed E-state index contributed by atoms with van der Waals surface area (Å²) in [6.45, 7) is 1.33. The van der Waals surface area contributed by atoms with Crippen LogP contribution in [0.5, 0.6) is 0 Å². The first-order valence-corrected chi connectivity index (χ1v) is 11.6. The van der Waals surface area contributed by atoms with Crippen molar-refractivity contribution in [3.8, 4) is 0 Å². The van der Waals surface area contributed by atoms with E-state index in [0.717, 1.165) is 38.5 Å². The Morgan fingerprint density at radius 1 is 1.00 bits per heavy atom. The highest BCUT2D eigenvalue weighted by molar-refractivity contribution is 7.89. The maximum absolute atomic E-state index is 12.6. The fraction of sp³-hybridized carbons (Fsp3) is 0.600. The third-order valence-corrected chi connectivity index (χ3v) is 6.99. The lowest BCUT2D eigenvalue weighted by Gasteiger charge is -2.35. The number of hydrogen-bond donors (Lipinski definition) is 2. The van der Waals surface area contributed by atoms with Gasteiger partial charge in [0.2, 0.25) is 5.91 Å². The molecular weight excluding hydrogens is 394 g/mol. The van der Waals surface area contributed by atoms with Crippen molar-refractivity contribution in [1.82, 2.24) is 15.1 Å². The molecule has 0 bridgehead atoms. The van der Waals surface area contributed by atoms with E-state index in [1.54, 1.807) is 0 Å². The van der Waals surface area contributed by atoms with Crippen LogP contribution >= 0.6 is 0 Å². The molecule has 8 nitrogen and oxygen atoms in total. The average molecular weight is 424 g/mol. The number of nitrogens with one attached hydrogen (secondary N) is 2. The highest BCUT2D eigenvalue weighted by Crippen LogP contribution is 2.26. The maximum atomic E-state index is 12.6. The van der Waals surface area contributed by atoms with Gasteiger partial charge < -0.3 is 10.2 Å². The van der Waals surface area contributed by atoms with Gasteiger partial charge in [-0.1, -0.05) is 24.1 Å². The van der Waals surface area contributed by atoms with Crippen LogP contribution in [0, 0.1) is 5.92 Å². The van der Waals surface area contributed by atoms with E-state index in [2.05, 4.69) is 10.2 Å². The molecule has 1 aliphatic heterocycles. The van der Waals surface area contributed by atoms with Crippen molar-refractivity contribution < 1.29 is 22.8 Å². The SMILES string of the molecule is CONS(=O)(=O)c1ccc(C(=O)NC2CCN(C(=O)C3CCCCC3)CC2)cc1. The molecule has 1 saturated carbocycles. The molecule has 1 aliphatic carbocycles. The molecule has 0 unspecified atom stereocenters. The number of carbonyl (C=O) groups is 2. The highest BCUT2D eigenvalue weighted by atomic mass is 32.2. The molecule has 160 valence electrons. The number of nitrogens with zero attached hydrogens (tertiary/aromatic N) is 1. The lowest BCUT2D eigenvalue weighted by atomic mass is 9.87. The van der Waals surface area contributed by atoms with E-state index in [1.165, 1.54) is 37.8 Å². The summed E-state index contributed by atoms with van der Waals surface area (Å²) in [6.07, 6.45) is 6.98. The lowest BCUT2D eigenvalue weighted by Crippen LogP contribution is -2.48. The van der Waals surface area contributed by atoms with Gasteiger partial charge in [0, 0.05) is 30.6 Å². The summed E-state index contributed by atoms with van der Waals surface area (Å²) in [5, 5.41) is 2.99. The Morgan fingerprint density at radius 2 is 1.62 bits per heavy atom. The van der Waals surface area contributed by atoms with Gasteiger partial charge in [-0.05, 0) is 49.9 Å². The molecule has 0 radical (unpaired) electrons. The van der Waals surface area contributed by atoms with Crippen molar-refractivity contribution in [2.45, 2.75) is 55.9 Å². The van der Waals surface area contributed by atoms with Crippen molar-refractivity contribution >= 4 is 21.8 Å². The van der Waals surface area contributed by atoms with Gasteiger partial charge in [0.05, 0.1) is 12.0 Å². The van der Waals surface area contributed by atoms with Crippen molar-refractivity contribution in [3.05, 3.63) is 29.8 Å². The zero-order valence-electron chi connectivity index (χ0n) is 16.7. The molecule has 2 aliphatic rings. The average Bonchev–Trinajstić information content (AvgIpc) is 2.74. The summed E-state index contributed by atoms with van der Waals surface area (Å²) in [5.41, 5.74) is 0.391. The van der Waals surface area contributed by atoms with E-state index >= 15 is 0 Å². The summed E-state index contributed by atoms with van der Waals surface area (Å²) >= 11 is 0. The van der Waals surface area contributed by atoms with Crippen LogP contribution < -0.4 is 10.2 Å². The van der Waals surface area contributed by atoms with Crippen molar-refractivity contribution in [3.63, 3.8) is 0 Å². The van der Waals surface area contributed by atoms with Crippen LogP contribution in [0.25, 0.3) is 0 Å². The third kappa shape index (κ3) is 5.55. The van der Waals surface area contributed by atoms with E-state index in [9.17, 15) is 18.0 Å². The first-order valence-electron chi connectivity index (χ1n) is 10.1. The zero-order chi connectivity index (χ0) is 20.9. The zero-order valence-corrected chi connectivity index (χ0v) is 17.5. The number of hydrogen-bond acceptors (Lipinski definition) is 5. The summed E-state index contributed by atoms with van der Waals surface area (Å²) < 4.78 is 23.7. The van der Waals surface area contributed by atoms with Gasteiger partial charge >= 0.3 is 0 Å². The van der Waals surface area contributed by atoms with Gasteiger partial charge in [-0.15, -0.1) is 0 Å². The van der Waals surface area contributed by atoms with Gasteiger partial charge in [0.25, 0.3) is 15.9 Å². The van der Waals surface area contributed by atoms with E-state index in [1.807, 2.05) is 9.79 Å². The lowest BCUT2D eigenvalue weighted by molar-refractivity contribution is -0.137. The molecule has 0 spiro atoms. The Kier molecular flexibility index (Phi) is 7.26. The summed E-state index contributed by atoms with van der Waals surface area (Å²) in [6, 6.07) is 5.68. The highest BCUT2D eigenvalue weighted by Gasteiger charge is 2.29. The number of likely N-dealkylation sites (tertiary alicyclic amines) is 1. The Morgan fingerprint density at radius 3 is 2.21 bits per heavy atom. The first kappa shape index (κ1) is 21.7. The first-order chi connectivity index (χ1) is 13.9. The monoisotopic (exact) mass is 423 g/mol. The molecule has 0 aromatic heterocycles. The third-order valence-electron chi connectivity index (χ3n) is 5.72. The normalized spacial score (nSPS) is 19.1. The van der Waals surface area contributed by atoms with Crippen molar-refractivity contribution in [1.29, 1.82) is 0 Å². The molecule has 1 saturated heterocycles. The van der Waals surface area contributed by atoms with Crippen LogP contribution in [0.3, 0.4) is 0 Å². The minimum atomic E-state index is -3.75. The van der Waals surface area contributed by atoms with Gasteiger partial charge in [0.1, 0.15) is 0 Å². The van der Waals surface area contributed by atoms with E-state index in [0.29, 0.717) is 18.7 Å². The molecule has 2 fully saturated rings. The van der Waals surface area contributed by atoms with E-state index in [-0.39, 0.29) is 28.7 Å². The minimum absolute atomic E-state index is 0.0106. The second-order valence-electron chi connectivity index (χ2n) is 7.72. The predicted molar refractivity (Wildman–Crippen MR) is 107 cm³/mol. The largest absolute Gasteiger partial charge is 0.349 e. The van der Waals surface area contributed by atoms with Gasteiger partial charge in [-0.3, -0.25) is 14.4 Å². The minimum Gasteiger partial charge on any atom is -0.349 e. The maximum Gasteiger partial charge on any atom is 0.262 e. The van der Waals surface area contributed by atoms with E-state index < -0.39 is 10.0 Å². The number of rotatable bonds is 6. The molecule has 9 heteroatoms. The molecule has 2 amide bonds. The molecule has 1 heterocycles. The Balaban J connectivity index is 1.50. The summed E-state index contributed by atoms with van der Waals surface area (Å²) in [4.78, 5) is 33.5. The number of carbonyl (C=O) groups excluding carboxylic acids is 2. The van der Waals surface area contributed by atoms with Crippen LogP contribution in [0.1, 0.15) is 55.3 Å². The van der Waals surface area contributed by atoms with Gasteiger partial charge in [0.15, 0.2) is 0 Å². The van der Waals surface area contributed by atoms with E-state index in [4.69, 9.17) is 0 Å². The van der Waals surface area contributed by atoms with Crippen LogP contribution in [0.15, 0.2) is 29.2 Å². The van der Waals surface area contributed by atoms with Crippen LogP contribution in [-0.4, -0.2) is 51.4 Å². The number of sulfonamides is 1. The predicted octanol–water partition coefficient (Wildman–Crippen LogP) is 1.83. The van der Waals surface area contributed by atoms with Crippen LogP contribution in [0.4, 0.5) is 0 Å². The molecule has 2 N–H and O–H groups in total. The fourth-order valence-electron chi connectivity index (χ4n) is 4.06. The standard InChI is InChI=1S/C20H29N3O5S/c1-28-22-29(26,27)18-9-7-15(8-10-18)19(24)21-17-11-13-23(14-12-17)20(25)16-5-3-2-4-6-16/h7-10,16-17,22H,2-6,11-14H2,1H3,(H,21,24). The van der Waals surface area contributed by atoms with Crippen molar-refractivity contribution in [2.75, 3.05) is 20.2 Å². The van der Waals surface area contributed by atoms with Crippen molar-refractivity contribution in [2.24, 2.45) is 5.92 Å². The number of benzene rings is 1. The summed E-state index contributed by atoms with van der Waals surface area (Å²) in [7, 11) is -2.53. The van der Waals surface area contributed by atoms with Crippen LogP contribution in [-0.2, 0) is 19.7 Å². The molecule has 1 aromatic rings. The Labute approximate surface area is 172 Å². The molecule has 1 aromatic carbocycles. The van der Waals surface area contributed by atoms with Crippen LogP contribution in [0.2, 0.25) is 0 Å². The second kappa shape index (κ2) is 9.69. The molecule has 29 heavy (non-hydrogen) atoms. The quantitative estimate of drug-likeness (QED) is 0.679. The smallest absolute Gasteiger partial charge is 0.262 e. The van der Waals surface area contributed by atoms with Gasteiger partial charge in [-0.2, -0.15) is 0 Å². The molecule has 0 atom stereocenters. The fourth-order valence-corrected chi connectivity index (χ4v) is 4.87. The Bertz CT molecular complexity index is 811. The second-order valence-corrected chi connectivity index (χ2v) is 9.37. The molecular formula is C20H29N3O5S. The van der Waals surface area contributed by atoms with Gasteiger partial charge in [-0.25, -0.2) is 8.42 Å². The topological polar surface area (TPSA) is 105 Å². The summed E-state index contributed by atoms with van der Waals surface area (Å²) in [5.74, 6) is 0.207. The number of piperidine rings is 1.